The molecule has 0 unspecified atom stereocenters. The molecule has 2 N–H and O–H groups in total. The largest absolute Gasteiger partial charge is 0.481 e. The third-order valence-corrected chi connectivity index (χ3v) is 2.89. The molecule has 4 nitrogen and oxygen atoms in total. The Morgan fingerprint density at radius 1 is 1.29 bits per heavy atom. The molecule has 0 heterocycles. The molecule has 0 saturated heterocycles. The average Bonchev–Trinajstić information content (AvgIpc) is 2.20. The fourth-order valence-electron chi connectivity index (χ4n) is 1.50. The third kappa shape index (κ3) is 4.19. The molecule has 0 aliphatic rings. The van der Waals surface area contributed by atoms with Crippen molar-refractivity contribution in [1.29, 1.82) is 0 Å². The van der Waals surface area contributed by atoms with Gasteiger partial charge in [0.2, 0.25) is 5.91 Å². The molecule has 1 rings (SSSR count). The van der Waals surface area contributed by atoms with E-state index in [4.69, 9.17) is 5.11 Å². The SMILES string of the molecule is Cc1cc(C)c(NC(=O)CCC(=O)O)c(Br)c1. The molecule has 5 heteroatoms. The van der Waals surface area contributed by atoms with E-state index >= 15 is 0 Å². The lowest BCUT2D eigenvalue weighted by molar-refractivity contribution is -0.138. The number of halogens is 1. The number of aryl methyl sites for hydroxylation is 2. The second-order valence-corrected chi connectivity index (χ2v) is 4.73. The van der Waals surface area contributed by atoms with E-state index in [1.54, 1.807) is 0 Å². The molecular formula is C12H14BrNO3. The molecule has 0 aliphatic carbocycles. The Hall–Kier alpha value is -1.36. The van der Waals surface area contributed by atoms with E-state index in [0.29, 0.717) is 5.69 Å². The van der Waals surface area contributed by atoms with E-state index in [0.717, 1.165) is 15.6 Å². The van der Waals surface area contributed by atoms with Gasteiger partial charge >= 0.3 is 5.97 Å². The number of carbonyl (C=O) groups excluding carboxylic acids is 1. The zero-order valence-corrected chi connectivity index (χ0v) is 11.3. The number of carboxylic acid groups (broad SMARTS) is 1. The van der Waals surface area contributed by atoms with Crippen molar-refractivity contribution in [1.82, 2.24) is 0 Å². The number of rotatable bonds is 4. The average molecular weight is 300 g/mol. The van der Waals surface area contributed by atoms with Crippen LogP contribution in [0.5, 0.6) is 0 Å². The Labute approximate surface area is 108 Å². The zero-order chi connectivity index (χ0) is 13.0. The normalized spacial score (nSPS) is 10.1. The molecule has 0 spiro atoms. The van der Waals surface area contributed by atoms with Crippen molar-refractivity contribution in [3.8, 4) is 0 Å². The van der Waals surface area contributed by atoms with Crippen molar-refractivity contribution in [3.63, 3.8) is 0 Å². The predicted octanol–water partition coefficient (Wildman–Crippen LogP) is 2.87. The first kappa shape index (κ1) is 13.7. The summed E-state index contributed by atoms with van der Waals surface area (Å²) in [6.45, 7) is 3.86. The first-order chi connectivity index (χ1) is 7.90. The van der Waals surface area contributed by atoms with E-state index in [1.807, 2.05) is 26.0 Å². The van der Waals surface area contributed by atoms with Crippen LogP contribution >= 0.6 is 15.9 Å². The molecule has 1 amide bonds. The molecule has 0 atom stereocenters. The predicted molar refractivity (Wildman–Crippen MR) is 69.1 cm³/mol. The summed E-state index contributed by atoms with van der Waals surface area (Å²) < 4.78 is 0.804. The maximum atomic E-state index is 11.5. The lowest BCUT2D eigenvalue weighted by Gasteiger charge is -2.11. The Bertz CT molecular complexity index is 434. The summed E-state index contributed by atoms with van der Waals surface area (Å²) in [4.78, 5) is 21.9. The van der Waals surface area contributed by atoms with Crippen LogP contribution < -0.4 is 5.32 Å². The lowest BCUT2D eigenvalue weighted by Crippen LogP contribution is -2.14. The van der Waals surface area contributed by atoms with Crippen molar-refractivity contribution in [3.05, 3.63) is 27.7 Å². The van der Waals surface area contributed by atoms with Gasteiger partial charge in [-0.15, -0.1) is 0 Å². The van der Waals surface area contributed by atoms with Gasteiger partial charge in [0, 0.05) is 10.9 Å². The number of anilines is 1. The van der Waals surface area contributed by atoms with E-state index < -0.39 is 5.97 Å². The first-order valence-corrected chi connectivity index (χ1v) is 5.98. The smallest absolute Gasteiger partial charge is 0.303 e. The van der Waals surface area contributed by atoms with Crippen molar-refractivity contribution >= 4 is 33.5 Å². The van der Waals surface area contributed by atoms with Gasteiger partial charge in [0.05, 0.1) is 12.1 Å². The molecule has 0 fully saturated rings. The summed E-state index contributed by atoms with van der Waals surface area (Å²) >= 11 is 3.38. The van der Waals surface area contributed by atoms with Crippen LogP contribution in [0.2, 0.25) is 0 Å². The van der Waals surface area contributed by atoms with Crippen molar-refractivity contribution < 1.29 is 14.7 Å². The first-order valence-electron chi connectivity index (χ1n) is 5.18. The van der Waals surface area contributed by atoms with Crippen LogP contribution in [0.4, 0.5) is 5.69 Å². The Morgan fingerprint density at radius 3 is 2.47 bits per heavy atom. The summed E-state index contributed by atoms with van der Waals surface area (Å²) in [5.41, 5.74) is 2.74. The quantitative estimate of drug-likeness (QED) is 0.898. The van der Waals surface area contributed by atoms with Gasteiger partial charge in [-0.3, -0.25) is 9.59 Å². The molecular weight excluding hydrogens is 286 g/mol. The lowest BCUT2D eigenvalue weighted by atomic mass is 10.1. The fraction of sp³-hybridized carbons (Fsp3) is 0.333. The van der Waals surface area contributed by atoms with Crippen LogP contribution in [0, 0.1) is 13.8 Å². The van der Waals surface area contributed by atoms with Crippen LogP contribution in [-0.2, 0) is 9.59 Å². The number of carboxylic acids is 1. The number of carbonyl (C=O) groups is 2. The highest BCUT2D eigenvalue weighted by molar-refractivity contribution is 9.10. The van der Waals surface area contributed by atoms with Gasteiger partial charge in [0.1, 0.15) is 0 Å². The molecule has 0 bridgehead atoms. The van der Waals surface area contributed by atoms with Crippen LogP contribution in [0.15, 0.2) is 16.6 Å². The number of nitrogens with one attached hydrogen (secondary N) is 1. The van der Waals surface area contributed by atoms with E-state index in [1.165, 1.54) is 0 Å². The molecule has 17 heavy (non-hydrogen) atoms. The number of hydrogen-bond acceptors (Lipinski definition) is 2. The molecule has 0 saturated carbocycles. The van der Waals surface area contributed by atoms with Gasteiger partial charge in [-0.1, -0.05) is 6.07 Å². The molecule has 0 radical (unpaired) electrons. The van der Waals surface area contributed by atoms with Crippen LogP contribution in [0.25, 0.3) is 0 Å². The van der Waals surface area contributed by atoms with Crippen molar-refractivity contribution in [2.75, 3.05) is 5.32 Å². The number of hydrogen-bond donors (Lipinski definition) is 2. The maximum Gasteiger partial charge on any atom is 0.303 e. The van der Waals surface area contributed by atoms with E-state index in [2.05, 4.69) is 21.2 Å². The topological polar surface area (TPSA) is 66.4 Å². The van der Waals surface area contributed by atoms with Crippen LogP contribution in [0.3, 0.4) is 0 Å². The summed E-state index contributed by atoms with van der Waals surface area (Å²) in [7, 11) is 0. The number of aliphatic carboxylic acids is 1. The number of benzene rings is 1. The monoisotopic (exact) mass is 299 g/mol. The Kier molecular flexibility index (Phi) is 4.69. The summed E-state index contributed by atoms with van der Waals surface area (Å²) in [5, 5.41) is 11.2. The van der Waals surface area contributed by atoms with Gasteiger partial charge in [-0.2, -0.15) is 0 Å². The molecule has 1 aromatic rings. The van der Waals surface area contributed by atoms with Gasteiger partial charge in [0.25, 0.3) is 0 Å². The minimum atomic E-state index is -0.972. The number of amides is 1. The highest BCUT2D eigenvalue weighted by Gasteiger charge is 2.10. The van der Waals surface area contributed by atoms with Gasteiger partial charge in [-0.25, -0.2) is 0 Å². The fourth-order valence-corrected chi connectivity index (χ4v) is 2.27. The standard InChI is InChI=1S/C12H14BrNO3/c1-7-5-8(2)12(9(13)6-7)14-10(15)3-4-11(16)17/h5-6H,3-4H2,1-2H3,(H,14,15)(H,16,17). The summed E-state index contributed by atoms with van der Waals surface area (Å²) in [5.74, 6) is -1.26. The third-order valence-electron chi connectivity index (χ3n) is 2.26. The maximum absolute atomic E-state index is 11.5. The second-order valence-electron chi connectivity index (χ2n) is 3.88. The van der Waals surface area contributed by atoms with E-state index in [9.17, 15) is 9.59 Å². The Balaban J connectivity index is 2.75. The van der Waals surface area contributed by atoms with Crippen molar-refractivity contribution in [2.45, 2.75) is 26.7 Å². The van der Waals surface area contributed by atoms with Crippen LogP contribution in [0.1, 0.15) is 24.0 Å². The second kappa shape index (κ2) is 5.82. The summed E-state index contributed by atoms with van der Waals surface area (Å²) in [6, 6.07) is 3.86. The minimum Gasteiger partial charge on any atom is -0.481 e. The van der Waals surface area contributed by atoms with Crippen LogP contribution in [-0.4, -0.2) is 17.0 Å². The minimum absolute atomic E-state index is 0.0188. The zero-order valence-electron chi connectivity index (χ0n) is 9.71. The molecule has 1 aromatic carbocycles. The summed E-state index contributed by atoms with van der Waals surface area (Å²) in [6.07, 6.45) is -0.177. The highest BCUT2D eigenvalue weighted by Crippen LogP contribution is 2.27. The highest BCUT2D eigenvalue weighted by atomic mass is 79.9. The van der Waals surface area contributed by atoms with Gasteiger partial charge in [-0.05, 0) is 47.0 Å². The Morgan fingerprint density at radius 2 is 1.94 bits per heavy atom. The molecule has 92 valence electrons. The molecule has 0 aromatic heterocycles. The molecule has 0 aliphatic heterocycles. The van der Waals surface area contributed by atoms with Gasteiger partial charge in [0.15, 0.2) is 0 Å². The van der Waals surface area contributed by atoms with Crippen molar-refractivity contribution in [2.24, 2.45) is 0 Å². The van der Waals surface area contributed by atoms with Gasteiger partial charge < -0.3 is 10.4 Å². The van der Waals surface area contributed by atoms with E-state index in [-0.39, 0.29) is 18.7 Å².